The molecule has 0 fully saturated rings. The van der Waals surface area contributed by atoms with Gasteiger partial charge in [-0.2, -0.15) is 0 Å². The van der Waals surface area contributed by atoms with E-state index in [1.54, 1.807) is 0 Å². The number of carbonyl (C=O) groups is 2. The second-order valence-electron chi connectivity index (χ2n) is 6.00. The molecule has 3 heterocycles. The summed E-state index contributed by atoms with van der Waals surface area (Å²) in [5.74, 6) is 0.0453. The van der Waals surface area contributed by atoms with Crippen molar-refractivity contribution in [2.75, 3.05) is 13.1 Å². The summed E-state index contributed by atoms with van der Waals surface area (Å²) >= 11 is 1.53. The maximum atomic E-state index is 12.8. The lowest BCUT2D eigenvalue weighted by atomic mass is 9.85. The number of aryl methyl sites for hydroxylation is 1. The first-order valence-electron chi connectivity index (χ1n) is 7.74. The van der Waals surface area contributed by atoms with Gasteiger partial charge in [-0.1, -0.05) is 12.1 Å². The predicted molar refractivity (Wildman–Crippen MR) is 87.5 cm³/mol. The molecule has 2 aliphatic rings. The predicted octanol–water partition coefficient (Wildman–Crippen LogP) is 1.86. The topological polar surface area (TPSA) is 62.3 Å². The molecular weight excluding hydrogens is 310 g/mol. The second-order valence-corrected chi connectivity index (χ2v) is 6.94. The number of hydrogen-bond donors (Lipinski definition) is 1. The van der Waals surface area contributed by atoms with E-state index < -0.39 is 0 Å². The molecule has 6 heteroatoms. The number of thiazole rings is 1. The van der Waals surface area contributed by atoms with Gasteiger partial charge < -0.3 is 10.2 Å². The Labute approximate surface area is 138 Å². The van der Waals surface area contributed by atoms with Gasteiger partial charge in [-0.25, -0.2) is 4.98 Å². The fourth-order valence-corrected chi connectivity index (χ4v) is 4.25. The summed E-state index contributed by atoms with van der Waals surface area (Å²) in [6, 6.07) is 5.78. The van der Waals surface area contributed by atoms with Gasteiger partial charge in [0.2, 0.25) is 5.91 Å². The molecule has 0 saturated carbocycles. The van der Waals surface area contributed by atoms with Crippen LogP contribution < -0.4 is 5.32 Å². The molecule has 1 atom stereocenters. The number of hydrogen-bond acceptors (Lipinski definition) is 4. The van der Waals surface area contributed by atoms with Crippen LogP contribution in [0.15, 0.2) is 23.6 Å². The SMILES string of the molecule is Cc1csc(CC(=O)N2CCc3cccc4c3C2CNC4=O)n1. The number of nitrogens with zero attached hydrogens (tertiary/aromatic N) is 2. The second kappa shape index (κ2) is 5.45. The standard InChI is InChI=1S/C17H17N3O2S/c1-10-9-23-14(19-10)7-15(21)20-6-5-11-3-2-4-12-16(11)13(20)8-18-17(12)22/h2-4,9,13H,5-8H2,1H3,(H,18,22). The molecule has 0 radical (unpaired) electrons. The highest BCUT2D eigenvalue weighted by Crippen LogP contribution is 2.35. The van der Waals surface area contributed by atoms with Crippen LogP contribution in [-0.2, 0) is 17.6 Å². The average Bonchev–Trinajstić information content (AvgIpc) is 2.95. The Kier molecular flexibility index (Phi) is 3.41. The molecule has 1 aromatic carbocycles. The van der Waals surface area contributed by atoms with Crippen molar-refractivity contribution in [3.05, 3.63) is 51.0 Å². The van der Waals surface area contributed by atoms with Crippen molar-refractivity contribution in [2.24, 2.45) is 0 Å². The lowest BCUT2D eigenvalue weighted by molar-refractivity contribution is -0.133. The van der Waals surface area contributed by atoms with E-state index in [0.717, 1.165) is 22.7 Å². The highest BCUT2D eigenvalue weighted by atomic mass is 32.1. The maximum absolute atomic E-state index is 12.8. The zero-order valence-corrected chi connectivity index (χ0v) is 13.7. The summed E-state index contributed by atoms with van der Waals surface area (Å²) in [7, 11) is 0. The molecule has 5 nitrogen and oxygen atoms in total. The number of nitrogens with one attached hydrogen (secondary N) is 1. The van der Waals surface area contributed by atoms with Crippen LogP contribution in [-0.4, -0.2) is 34.8 Å². The molecule has 23 heavy (non-hydrogen) atoms. The average molecular weight is 327 g/mol. The van der Waals surface area contributed by atoms with E-state index in [0.29, 0.717) is 25.1 Å². The minimum atomic E-state index is -0.0544. The lowest BCUT2D eigenvalue weighted by Crippen LogP contribution is -2.49. The molecule has 0 spiro atoms. The van der Waals surface area contributed by atoms with E-state index in [9.17, 15) is 9.59 Å². The fourth-order valence-electron chi connectivity index (χ4n) is 3.49. The van der Waals surface area contributed by atoms with Crippen LogP contribution >= 0.6 is 11.3 Å². The van der Waals surface area contributed by atoms with Crippen LogP contribution in [0.1, 0.15) is 38.2 Å². The van der Waals surface area contributed by atoms with Gasteiger partial charge in [0.25, 0.3) is 5.91 Å². The van der Waals surface area contributed by atoms with E-state index >= 15 is 0 Å². The molecule has 0 bridgehead atoms. The van der Waals surface area contributed by atoms with Crippen LogP contribution in [0.3, 0.4) is 0 Å². The minimum Gasteiger partial charge on any atom is -0.350 e. The monoisotopic (exact) mass is 327 g/mol. The Morgan fingerprint density at radius 1 is 1.48 bits per heavy atom. The Morgan fingerprint density at radius 3 is 3.13 bits per heavy atom. The molecule has 1 unspecified atom stereocenters. The van der Waals surface area contributed by atoms with Crippen molar-refractivity contribution >= 4 is 23.2 Å². The Bertz CT molecular complexity index is 799. The van der Waals surface area contributed by atoms with Crippen molar-refractivity contribution in [1.29, 1.82) is 0 Å². The van der Waals surface area contributed by atoms with Gasteiger partial charge in [0.05, 0.1) is 12.5 Å². The molecular formula is C17H17N3O2S. The van der Waals surface area contributed by atoms with Crippen LogP contribution in [0.5, 0.6) is 0 Å². The molecule has 4 rings (SSSR count). The molecule has 0 saturated heterocycles. The number of amides is 2. The first-order valence-corrected chi connectivity index (χ1v) is 8.62. The quantitative estimate of drug-likeness (QED) is 0.916. The fraction of sp³-hybridized carbons (Fsp3) is 0.353. The van der Waals surface area contributed by atoms with Gasteiger partial charge in [0.15, 0.2) is 0 Å². The molecule has 0 aliphatic carbocycles. The molecule has 1 N–H and O–H groups in total. The largest absolute Gasteiger partial charge is 0.350 e. The van der Waals surface area contributed by atoms with Gasteiger partial charge in [-0.05, 0) is 30.5 Å². The summed E-state index contributed by atoms with van der Waals surface area (Å²) in [5, 5.41) is 5.73. The number of carbonyl (C=O) groups excluding carboxylic acids is 2. The summed E-state index contributed by atoms with van der Waals surface area (Å²) in [4.78, 5) is 31.1. The first-order chi connectivity index (χ1) is 11.1. The first kappa shape index (κ1) is 14.4. The number of rotatable bonds is 2. The summed E-state index contributed by atoms with van der Waals surface area (Å²) < 4.78 is 0. The Hall–Kier alpha value is -2.21. The van der Waals surface area contributed by atoms with Crippen molar-refractivity contribution in [3.8, 4) is 0 Å². The zero-order chi connectivity index (χ0) is 16.0. The van der Waals surface area contributed by atoms with Crippen molar-refractivity contribution in [3.63, 3.8) is 0 Å². The minimum absolute atomic E-state index is 0.0389. The van der Waals surface area contributed by atoms with Crippen LogP contribution in [0.25, 0.3) is 0 Å². The van der Waals surface area contributed by atoms with Crippen molar-refractivity contribution in [2.45, 2.75) is 25.8 Å². The molecule has 2 amide bonds. The van der Waals surface area contributed by atoms with Crippen LogP contribution in [0, 0.1) is 6.92 Å². The number of aromatic nitrogens is 1. The van der Waals surface area contributed by atoms with Crippen LogP contribution in [0.2, 0.25) is 0 Å². The zero-order valence-electron chi connectivity index (χ0n) is 12.8. The van der Waals surface area contributed by atoms with Gasteiger partial charge in [-0.15, -0.1) is 11.3 Å². The van der Waals surface area contributed by atoms with Gasteiger partial charge in [-0.3, -0.25) is 9.59 Å². The van der Waals surface area contributed by atoms with E-state index in [1.165, 1.54) is 16.9 Å². The Balaban J connectivity index is 1.64. The smallest absolute Gasteiger partial charge is 0.251 e. The molecule has 118 valence electrons. The normalized spacial score (nSPS) is 19.3. The van der Waals surface area contributed by atoms with Crippen molar-refractivity contribution in [1.82, 2.24) is 15.2 Å². The molecule has 1 aromatic heterocycles. The number of benzene rings is 1. The van der Waals surface area contributed by atoms with Gasteiger partial charge in [0.1, 0.15) is 5.01 Å². The van der Waals surface area contributed by atoms with E-state index in [2.05, 4.69) is 16.4 Å². The highest BCUT2D eigenvalue weighted by Gasteiger charge is 2.36. The maximum Gasteiger partial charge on any atom is 0.251 e. The summed E-state index contributed by atoms with van der Waals surface area (Å²) in [5.41, 5.74) is 3.89. The Morgan fingerprint density at radius 2 is 2.35 bits per heavy atom. The van der Waals surface area contributed by atoms with E-state index in [1.807, 2.05) is 29.3 Å². The van der Waals surface area contributed by atoms with Crippen molar-refractivity contribution < 1.29 is 9.59 Å². The summed E-state index contributed by atoms with van der Waals surface area (Å²) in [6.45, 7) is 3.12. The molecule has 2 aliphatic heterocycles. The van der Waals surface area contributed by atoms with Crippen LogP contribution in [0.4, 0.5) is 0 Å². The molecule has 2 aromatic rings. The third kappa shape index (κ3) is 2.43. The summed E-state index contributed by atoms with van der Waals surface area (Å²) in [6.07, 6.45) is 1.13. The third-order valence-corrected chi connectivity index (χ3v) is 5.48. The van der Waals surface area contributed by atoms with Gasteiger partial charge in [0, 0.05) is 29.7 Å². The third-order valence-electron chi connectivity index (χ3n) is 4.52. The highest BCUT2D eigenvalue weighted by molar-refractivity contribution is 7.09. The van der Waals surface area contributed by atoms with Gasteiger partial charge >= 0.3 is 0 Å². The van der Waals surface area contributed by atoms with E-state index in [4.69, 9.17) is 0 Å². The lowest BCUT2D eigenvalue weighted by Gasteiger charge is -2.40. The van der Waals surface area contributed by atoms with E-state index in [-0.39, 0.29) is 17.9 Å².